The Bertz CT molecular complexity index is 937. The Morgan fingerprint density at radius 3 is 2.22 bits per heavy atom. The second-order valence-electron chi connectivity index (χ2n) is 12.9. The second kappa shape index (κ2) is 9.35. The molecule has 1 unspecified atom stereocenters. The number of carbonyl (C=O) groups is 1. The quantitative estimate of drug-likeness (QED) is 0.602. The number of nitrogens with zero attached hydrogens (tertiary/aromatic N) is 4. The van der Waals surface area contributed by atoms with Crippen LogP contribution in [0.15, 0.2) is 30.3 Å². The van der Waals surface area contributed by atoms with Gasteiger partial charge >= 0.3 is 0 Å². The maximum absolute atomic E-state index is 12.5. The van der Waals surface area contributed by atoms with Crippen LogP contribution in [0.1, 0.15) is 77.2 Å². The third-order valence-corrected chi connectivity index (χ3v) is 10.0. The third kappa shape index (κ3) is 4.41. The van der Waals surface area contributed by atoms with E-state index >= 15 is 0 Å². The number of rotatable bonds is 7. The normalized spacial score (nSPS) is 33.6. The molecule has 1 atom stereocenters. The van der Waals surface area contributed by atoms with E-state index in [1.165, 1.54) is 5.56 Å². The first kappa shape index (κ1) is 26.1. The first-order valence-corrected chi connectivity index (χ1v) is 14.0. The second-order valence-corrected chi connectivity index (χ2v) is 12.9. The molecule has 1 amide bonds. The molecule has 7 heteroatoms. The van der Waals surface area contributed by atoms with Gasteiger partial charge in [-0.25, -0.2) is 0 Å². The van der Waals surface area contributed by atoms with E-state index in [9.17, 15) is 15.0 Å². The molecule has 2 heterocycles. The van der Waals surface area contributed by atoms with Gasteiger partial charge in [-0.1, -0.05) is 30.3 Å². The van der Waals surface area contributed by atoms with Crippen LogP contribution in [0.25, 0.3) is 0 Å². The zero-order chi connectivity index (χ0) is 25.8. The lowest BCUT2D eigenvalue weighted by molar-refractivity contribution is -0.149. The molecule has 36 heavy (non-hydrogen) atoms. The Morgan fingerprint density at radius 2 is 1.69 bits per heavy atom. The molecule has 7 nitrogen and oxygen atoms in total. The van der Waals surface area contributed by atoms with Crippen LogP contribution in [0.4, 0.5) is 0 Å². The first-order chi connectivity index (χ1) is 17.0. The Morgan fingerprint density at radius 1 is 1.03 bits per heavy atom. The number of hydrogen-bond donors (Lipinski definition) is 2. The zero-order valence-corrected chi connectivity index (χ0v) is 22.7. The molecule has 2 saturated carbocycles. The van der Waals surface area contributed by atoms with Gasteiger partial charge in [0.15, 0.2) is 6.35 Å². The first-order valence-electron chi connectivity index (χ1n) is 14.0. The molecule has 2 saturated heterocycles. The number of likely N-dealkylation sites (tertiary alicyclic amines) is 1. The van der Waals surface area contributed by atoms with Crippen LogP contribution >= 0.6 is 0 Å². The van der Waals surface area contributed by atoms with Gasteiger partial charge in [0.05, 0.1) is 11.1 Å². The summed E-state index contributed by atoms with van der Waals surface area (Å²) in [5.74, 6) is 0.223. The summed E-state index contributed by atoms with van der Waals surface area (Å²) in [6.07, 6.45) is 7.42. The Balaban J connectivity index is 1.40. The van der Waals surface area contributed by atoms with Crippen molar-refractivity contribution in [3.05, 3.63) is 35.9 Å². The van der Waals surface area contributed by atoms with Crippen molar-refractivity contribution in [2.45, 2.75) is 100 Å². The van der Waals surface area contributed by atoms with Crippen LogP contribution in [0.3, 0.4) is 0 Å². The van der Waals surface area contributed by atoms with E-state index < -0.39 is 12.0 Å². The molecular weight excluding hydrogens is 452 g/mol. The molecule has 2 aliphatic heterocycles. The van der Waals surface area contributed by atoms with Crippen molar-refractivity contribution < 1.29 is 15.0 Å². The van der Waals surface area contributed by atoms with Crippen LogP contribution in [-0.4, -0.2) is 99.0 Å². The van der Waals surface area contributed by atoms with E-state index in [4.69, 9.17) is 0 Å². The van der Waals surface area contributed by atoms with Gasteiger partial charge < -0.3 is 15.1 Å². The highest BCUT2D eigenvalue weighted by Crippen LogP contribution is 2.50. The van der Waals surface area contributed by atoms with Gasteiger partial charge in [0.25, 0.3) is 0 Å². The van der Waals surface area contributed by atoms with Crippen molar-refractivity contribution in [2.75, 3.05) is 40.3 Å². The van der Waals surface area contributed by atoms with E-state index in [2.05, 4.69) is 73.0 Å². The lowest BCUT2D eigenvalue weighted by Gasteiger charge is -2.53. The number of benzene rings is 1. The molecule has 0 radical (unpaired) electrons. The predicted octanol–water partition coefficient (Wildman–Crippen LogP) is 2.97. The van der Waals surface area contributed by atoms with E-state index in [0.717, 1.165) is 64.5 Å². The van der Waals surface area contributed by atoms with Crippen molar-refractivity contribution in [1.82, 2.24) is 19.6 Å². The monoisotopic (exact) mass is 498 g/mol. The molecule has 1 spiro atoms. The summed E-state index contributed by atoms with van der Waals surface area (Å²) in [7, 11) is 4.37. The Kier molecular flexibility index (Phi) is 6.78. The van der Waals surface area contributed by atoms with Crippen LogP contribution in [-0.2, 0) is 10.3 Å². The third-order valence-electron chi connectivity index (χ3n) is 10.0. The smallest absolute Gasteiger partial charge is 0.223 e. The maximum atomic E-state index is 12.5. The molecule has 0 aromatic heterocycles. The largest absolute Gasteiger partial charge is 0.389 e. The minimum atomic E-state index is -0.741. The molecule has 5 rings (SSSR count). The average Bonchev–Trinajstić information content (AvgIpc) is 3.37. The lowest BCUT2D eigenvalue weighted by Crippen LogP contribution is -2.60. The predicted molar refractivity (Wildman–Crippen MR) is 141 cm³/mol. The zero-order valence-electron chi connectivity index (χ0n) is 22.7. The molecule has 1 aromatic carbocycles. The fourth-order valence-electron chi connectivity index (χ4n) is 7.63. The molecular formula is C29H46N4O3. The van der Waals surface area contributed by atoms with Crippen molar-refractivity contribution in [3.8, 4) is 0 Å². The maximum Gasteiger partial charge on any atom is 0.223 e. The van der Waals surface area contributed by atoms with Gasteiger partial charge in [0, 0.05) is 43.7 Å². The van der Waals surface area contributed by atoms with Crippen LogP contribution in [0.5, 0.6) is 0 Å². The van der Waals surface area contributed by atoms with Crippen molar-refractivity contribution in [1.29, 1.82) is 0 Å². The number of hydrogen-bond acceptors (Lipinski definition) is 6. The number of aliphatic hydroxyl groups excluding tert-OH is 1. The van der Waals surface area contributed by atoms with Crippen molar-refractivity contribution in [3.63, 3.8) is 0 Å². The summed E-state index contributed by atoms with van der Waals surface area (Å²) in [4.78, 5) is 21.3. The Labute approximate surface area is 217 Å². The van der Waals surface area contributed by atoms with Crippen LogP contribution < -0.4 is 0 Å². The van der Waals surface area contributed by atoms with Crippen LogP contribution in [0, 0.1) is 0 Å². The number of carbonyl (C=O) groups excluding carboxylic acids is 1. The topological polar surface area (TPSA) is 70.5 Å². The highest BCUT2D eigenvalue weighted by Gasteiger charge is 2.57. The number of amides is 1. The summed E-state index contributed by atoms with van der Waals surface area (Å²) >= 11 is 0. The van der Waals surface area contributed by atoms with Gasteiger partial charge in [0.1, 0.15) is 0 Å². The number of β-amino-alcohol motifs (C(OH)–C–C–N with tert-alkyl or cyclic N) is 1. The minimum absolute atomic E-state index is 0.0227. The SMILES string of the molecule is CN(C)[C@]1(c2ccccc2)CC[C@]2(CC1)CN(CC(C)(C)N1CCCC1=O)C(O)N2CC1(O)CCC1. The van der Waals surface area contributed by atoms with E-state index in [0.29, 0.717) is 19.5 Å². The van der Waals surface area contributed by atoms with Gasteiger partial charge in [0.2, 0.25) is 5.91 Å². The molecule has 4 aliphatic rings. The van der Waals surface area contributed by atoms with Crippen molar-refractivity contribution >= 4 is 5.91 Å². The fraction of sp³-hybridized carbons (Fsp3) is 0.759. The Hall–Kier alpha value is -1.51. The summed E-state index contributed by atoms with van der Waals surface area (Å²) < 4.78 is 0. The summed E-state index contributed by atoms with van der Waals surface area (Å²) in [5.41, 5.74) is 0.124. The van der Waals surface area contributed by atoms with Gasteiger partial charge in [-0.05, 0) is 84.9 Å². The minimum Gasteiger partial charge on any atom is -0.389 e. The van der Waals surface area contributed by atoms with Gasteiger partial charge in [-0.15, -0.1) is 0 Å². The van der Waals surface area contributed by atoms with E-state index in [-0.39, 0.29) is 22.5 Å². The highest BCUT2D eigenvalue weighted by molar-refractivity contribution is 5.78. The molecule has 0 bridgehead atoms. The summed E-state index contributed by atoms with van der Waals surface area (Å²) in [5, 5.41) is 22.9. The number of aliphatic hydroxyl groups is 2. The molecule has 200 valence electrons. The lowest BCUT2D eigenvalue weighted by atomic mass is 9.67. The molecule has 1 aromatic rings. The molecule has 2 N–H and O–H groups in total. The van der Waals surface area contributed by atoms with Crippen molar-refractivity contribution in [2.24, 2.45) is 0 Å². The van der Waals surface area contributed by atoms with E-state index in [1.807, 2.05) is 4.90 Å². The standard InChI is InChI=1S/C29H46N4O3/c1-26(2,32-19-8-12-24(32)34)20-31-21-27(33(25(31)35)22-28(36)13-9-14-28)15-17-29(18-16-27,30(3)4)23-10-6-5-7-11-23/h5-7,10-11,25,35-36H,8-9,12-22H2,1-4H3/t25?,27-,29+. The van der Waals surface area contributed by atoms with Gasteiger partial charge in [-0.3, -0.25) is 19.5 Å². The highest BCUT2D eigenvalue weighted by atomic mass is 16.3. The average molecular weight is 499 g/mol. The molecule has 2 aliphatic carbocycles. The summed E-state index contributed by atoms with van der Waals surface area (Å²) in [6, 6.07) is 10.8. The summed E-state index contributed by atoms with van der Waals surface area (Å²) in [6.45, 7) is 6.99. The fourth-order valence-corrected chi connectivity index (χ4v) is 7.63. The van der Waals surface area contributed by atoms with Gasteiger partial charge in [-0.2, -0.15) is 0 Å². The molecule has 4 fully saturated rings. The van der Waals surface area contributed by atoms with Crippen LogP contribution in [0.2, 0.25) is 0 Å². The van der Waals surface area contributed by atoms with E-state index in [1.54, 1.807) is 0 Å².